The summed E-state index contributed by atoms with van der Waals surface area (Å²) >= 11 is 0. The van der Waals surface area contributed by atoms with Crippen molar-refractivity contribution in [3.8, 4) is 11.3 Å². The monoisotopic (exact) mass is 260 g/mol. The first-order valence-electron chi connectivity index (χ1n) is 6.68. The van der Waals surface area contributed by atoms with E-state index < -0.39 is 0 Å². The molecule has 102 valence electrons. The van der Waals surface area contributed by atoms with Crippen molar-refractivity contribution in [2.45, 2.75) is 25.8 Å². The summed E-state index contributed by atoms with van der Waals surface area (Å²) in [6, 6.07) is 10.0. The Hall–Kier alpha value is -1.72. The summed E-state index contributed by atoms with van der Waals surface area (Å²) in [6.45, 7) is 1.92. The molecule has 3 N–H and O–H groups in total. The quantitative estimate of drug-likeness (QED) is 0.632. The molecule has 0 atom stereocenters. The minimum Gasteiger partial charge on any atom is -0.396 e. The Balaban J connectivity index is 1.83. The first kappa shape index (κ1) is 13.7. The van der Waals surface area contributed by atoms with Crippen LogP contribution in [0.5, 0.6) is 0 Å². The van der Waals surface area contributed by atoms with Gasteiger partial charge in [0, 0.05) is 18.7 Å². The van der Waals surface area contributed by atoms with Gasteiger partial charge in [0.25, 0.3) is 0 Å². The van der Waals surface area contributed by atoms with Gasteiger partial charge < -0.3 is 10.4 Å². The van der Waals surface area contributed by atoms with Crippen LogP contribution in [0, 0.1) is 0 Å². The number of nitrogens with one attached hydrogen (secondary N) is 2. The average molecular weight is 260 g/mol. The van der Waals surface area contributed by atoms with Crippen molar-refractivity contribution in [3.63, 3.8) is 0 Å². The Labute approximate surface area is 113 Å². The molecule has 19 heavy (non-hydrogen) atoms. The van der Waals surface area contributed by atoms with E-state index in [2.05, 4.69) is 20.7 Å². The van der Waals surface area contributed by atoms with Gasteiger partial charge in [-0.3, -0.25) is 0 Å². The van der Waals surface area contributed by atoms with Gasteiger partial charge in [-0.1, -0.05) is 30.3 Å². The van der Waals surface area contributed by atoms with E-state index in [-0.39, 0.29) is 6.61 Å². The molecule has 0 unspecified atom stereocenters. The third-order valence-electron chi connectivity index (χ3n) is 2.97. The molecule has 2 aromatic rings. The predicted molar refractivity (Wildman–Crippen MR) is 74.5 cm³/mol. The van der Waals surface area contributed by atoms with E-state index in [0.29, 0.717) is 6.54 Å². The number of nitrogens with zero attached hydrogens (tertiary/aromatic N) is 2. The number of hydrogen-bond acceptors (Lipinski definition) is 4. The van der Waals surface area contributed by atoms with Crippen LogP contribution in [0.2, 0.25) is 0 Å². The Morgan fingerprint density at radius 1 is 1.05 bits per heavy atom. The van der Waals surface area contributed by atoms with Crippen LogP contribution in [0.1, 0.15) is 25.0 Å². The molecule has 0 saturated carbocycles. The van der Waals surface area contributed by atoms with Gasteiger partial charge in [0.2, 0.25) is 0 Å². The largest absolute Gasteiger partial charge is 0.396 e. The molecule has 0 saturated heterocycles. The van der Waals surface area contributed by atoms with Crippen molar-refractivity contribution >= 4 is 0 Å². The Morgan fingerprint density at radius 2 is 1.89 bits per heavy atom. The van der Waals surface area contributed by atoms with Crippen molar-refractivity contribution in [1.29, 1.82) is 0 Å². The molecule has 1 aromatic carbocycles. The zero-order chi connectivity index (χ0) is 13.3. The van der Waals surface area contributed by atoms with Gasteiger partial charge in [-0.05, 0) is 25.8 Å². The predicted octanol–water partition coefficient (Wildman–Crippen LogP) is 1.72. The van der Waals surface area contributed by atoms with Crippen molar-refractivity contribution < 1.29 is 5.11 Å². The standard InChI is InChI=1S/C14H20N4O/c19-10-6-2-5-9-15-11-13-14(17-18-16-13)12-7-3-1-4-8-12/h1,3-4,7-8,15,19H,2,5-6,9-11H2,(H,16,17,18). The number of aromatic amines is 1. The van der Waals surface area contributed by atoms with Gasteiger partial charge in [0.05, 0.1) is 0 Å². The summed E-state index contributed by atoms with van der Waals surface area (Å²) in [5.41, 5.74) is 2.92. The van der Waals surface area contributed by atoms with Gasteiger partial charge >= 0.3 is 0 Å². The van der Waals surface area contributed by atoms with Crippen LogP contribution in [-0.4, -0.2) is 33.7 Å². The van der Waals surface area contributed by atoms with Crippen molar-refractivity contribution in [3.05, 3.63) is 36.0 Å². The molecule has 0 amide bonds. The van der Waals surface area contributed by atoms with Crippen LogP contribution in [0.25, 0.3) is 11.3 Å². The second-order valence-corrected chi connectivity index (χ2v) is 4.45. The van der Waals surface area contributed by atoms with Crippen molar-refractivity contribution in [2.24, 2.45) is 0 Å². The average Bonchev–Trinajstić information content (AvgIpc) is 2.92. The van der Waals surface area contributed by atoms with E-state index in [9.17, 15) is 0 Å². The van der Waals surface area contributed by atoms with E-state index in [1.807, 2.05) is 30.3 Å². The molecule has 0 aliphatic carbocycles. The maximum atomic E-state index is 8.69. The van der Waals surface area contributed by atoms with Gasteiger partial charge in [0.15, 0.2) is 0 Å². The summed E-state index contributed by atoms with van der Waals surface area (Å²) < 4.78 is 0. The highest BCUT2D eigenvalue weighted by molar-refractivity contribution is 5.60. The fraction of sp³-hybridized carbons (Fsp3) is 0.429. The molecule has 5 heteroatoms. The third kappa shape index (κ3) is 4.15. The molecule has 0 radical (unpaired) electrons. The molecule has 1 heterocycles. The molecule has 5 nitrogen and oxygen atoms in total. The lowest BCUT2D eigenvalue weighted by Gasteiger charge is -2.04. The minimum atomic E-state index is 0.279. The lowest BCUT2D eigenvalue weighted by atomic mass is 10.1. The van der Waals surface area contributed by atoms with Gasteiger partial charge in [-0.2, -0.15) is 15.4 Å². The van der Waals surface area contributed by atoms with Crippen LogP contribution >= 0.6 is 0 Å². The maximum Gasteiger partial charge on any atom is 0.117 e. The molecule has 0 spiro atoms. The summed E-state index contributed by atoms with van der Waals surface area (Å²) in [5, 5.41) is 23.1. The number of rotatable bonds is 8. The zero-order valence-electron chi connectivity index (χ0n) is 11.0. The van der Waals surface area contributed by atoms with E-state index >= 15 is 0 Å². The molecule has 0 fully saturated rings. The molecule has 2 rings (SSSR count). The highest BCUT2D eigenvalue weighted by Crippen LogP contribution is 2.18. The summed E-state index contributed by atoms with van der Waals surface area (Å²) in [6.07, 6.45) is 2.99. The van der Waals surface area contributed by atoms with Gasteiger partial charge in [0.1, 0.15) is 11.4 Å². The summed E-state index contributed by atoms with van der Waals surface area (Å²) in [4.78, 5) is 0. The van der Waals surface area contributed by atoms with E-state index in [1.54, 1.807) is 0 Å². The number of hydrogen-bond donors (Lipinski definition) is 3. The van der Waals surface area contributed by atoms with Crippen LogP contribution in [0.4, 0.5) is 0 Å². The minimum absolute atomic E-state index is 0.279. The number of H-pyrrole nitrogens is 1. The van der Waals surface area contributed by atoms with E-state index in [1.165, 1.54) is 0 Å². The third-order valence-corrected chi connectivity index (χ3v) is 2.97. The fourth-order valence-corrected chi connectivity index (χ4v) is 1.95. The zero-order valence-corrected chi connectivity index (χ0v) is 11.0. The molecule has 1 aromatic heterocycles. The maximum absolute atomic E-state index is 8.69. The molecule has 0 bridgehead atoms. The summed E-state index contributed by atoms with van der Waals surface area (Å²) in [5.74, 6) is 0. The second-order valence-electron chi connectivity index (χ2n) is 4.45. The number of aliphatic hydroxyl groups excluding tert-OH is 1. The SMILES string of the molecule is OCCCCCNCc1n[nH]nc1-c1ccccc1. The second kappa shape index (κ2) is 7.66. The lowest BCUT2D eigenvalue weighted by molar-refractivity contribution is 0.283. The van der Waals surface area contributed by atoms with E-state index in [0.717, 1.165) is 42.8 Å². The molecular formula is C14H20N4O. The van der Waals surface area contributed by atoms with Crippen molar-refractivity contribution in [1.82, 2.24) is 20.7 Å². The normalized spacial score (nSPS) is 10.8. The number of benzene rings is 1. The van der Waals surface area contributed by atoms with Crippen LogP contribution < -0.4 is 5.32 Å². The fourth-order valence-electron chi connectivity index (χ4n) is 1.95. The van der Waals surface area contributed by atoms with Crippen LogP contribution in [0.3, 0.4) is 0 Å². The Bertz CT molecular complexity index is 469. The summed E-state index contributed by atoms with van der Waals surface area (Å²) in [7, 11) is 0. The van der Waals surface area contributed by atoms with Gasteiger partial charge in [-0.15, -0.1) is 0 Å². The first-order valence-corrected chi connectivity index (χ1v) is 6.68. The van der Waals surface area contributed by atoms with Crippen LogP contribution in [-0.2, 0) is 6.54 Å². The first-order chi connectivity index (χ1) is 9.42. The van der Waals surface area contributed by atoms with E-state index in [4.69, 9.17) is 5.11 Å². The molecular weight excluding hydrogens is 240 g/mol. The highest BCUT2D eigenvalue weighted by atomic mass is 16.2. The Morgan fingerprint density at radius 3 is 2.68 bits per heavy atom. The highest BCUT2D eigenvalue weighted by Gasteiger charge is 2.08. The van der Waals surface area contributed by atoms with Crippen LogP contribution in [0.15, 0.2) is 30.3 Å². The molecule has 0 aliphatic heterocycles. The number of unbranched alkanes of at least 4 members (excludes halogenated alkanes) is 2. The Kier molecular flexibility index (Phi) is 5.52. The number of aromatic nitrogens is 3. The lowest BCUT2D eigenvalue weighted by Crippen LogP contribution is -2.15. The molecule has 0 aliphatic rings. The van der Waals surface area contributed by atoms with Crippen molar-refractivity contribution in [2.75, 3.05) is 13.2 Å². The topological polar surface area (TPSA) is 73.8 Å². The van der Waals surface area contributed by atoms with Gasteiger partial charge in [-0.25, -0.2) is 0 Å². The smallest absolute Gasteiger partial charge is 0.117 e. The number of aliphatic hydroxyl groups is 1.